The van der Waals surface area contributed by atoms with E-state index in [0.717, 1.165) is 35.5 Å². The highest BCUT2D eigenvalue weighted by Gasteiger charge is 2.12. The van der Waals surface area contributed by atoms with Crippen molar-refractivity contribution in [1.29, 1.82) is 0 Å². The van der Waals surface area contributed by atoms with E-state index in [1.165, 1.54) is 5.56 Å². The Hall–Kier alpha value is -0.780. The maximum atomic E-state index is 5.74. The van der Waals surface area contributed by atoms with E-state index in [4.69, 9.17) is 9.47 Å². The molecule has 0 radical (unpaired) electrons. The van der Waals surface area contributed by atoms with Gasteiger partial charge in [0.1, 0.15) is 0 Å². The van der Waals surface area contributed by atoms with Crippen LogP contribution in [0.1, 0.15) is 25.8 Å². The third-order valence-electron chi connectivity index (χ3n) is 3.03. The minimum Gasteiger partial charge on any atom is -0.493 e. The molecule has 0 heterocycles. The van der Waals surface area contributed by atoms with Gasteiger partial charge in [0.15, 0.2) is 11.5 Å². The molecule has 120 valence electrons. The third kappa shape index (κ3) is 6.24. The van der Waals surface area contributed by atoms with Gasteiger partial charge in [-0.15, -0.1) is 0 Å². The Balaban J connectivity index is 2.74. The number of benzene rings is 1. The smallest absolute Gasteiger partial charge is 0.175 e. The number of likely N-dealkylation sites (N-methyl/N-ethyl adjacent to an activating group) is 1. The third-order valence-corrected chi connectivity index (χ3v) is 3.62. The van der Waals surface area contributed by atoms with E-state index in [-0.39, 0.29) is 0 Å². The van der Waals surface area contributed by atoms with Gasteiger partial charge in [-0.05, 0) is 61.1 Å². The summed E-state index contributed by atoms with van der Waals surface area (Å²) in [6.45, 7) is 6.77. The number of hydrogen-bond acceptors (Lipinski definition) is 4. The van der Waals surface area contributed by atoms with Crippen LogP contribution in [0.2, 0.25) is 0 Å². The lowest BCUT2D eigenvalue weighted by atomic mass is 10.2. The largest absolute Gasteiger partial charge is 0.493 e. The molecule has 1 aromatic carbocycles. The van der Waals surface area contributed by atoms with Gasteiger partial charge in [-0.2, -0.15) is 0 Å². The molecule has 1 aromatic rings. The number of rotatable bonds is 9. The van der Waals surface area contributed by atoms with Gasteiger partial charge >= 0.3 is 0 Å². The first kappa shape index (κ1) is 18.3. The van der Waals surface area contributed by atoms with Crippen molar-refractivity contribution in [3.05, 3.63) is 22.2 Å². The SMILES string of the molecule is CCCOc1c(Br)cc(CNC(C)CN(C)C)cc1OC. The van der Waals surface area contributed by atoms with Gasteiger partial charge in [-0.1, -0.05) is 6.92 Å². The number of hydrogen-bond donors (Lipinski definition) is 1. The summed E-state index contributed by atoms with van der Waals surface area (Å²) in [5.41, 5.74) is 1.17. The van der Waals surface area contributed by atoms with E-state index in [2.05, 4.69) is 60.2 Å². The lowest BCUT2D eigenvalue weighted by Gasteiger charge is -2.19. The number of nitrogens with one attached hydrogen (secondary N) is 1. The first-order valence-electron chi connectivity index (χ1n) is 7.35. The van der Waals surface area contributed by atoms with E-state index in [9.17, 15) is 0 Å². The fourth-order valence-electron chi connectivity index (χ4n) is 2.12. The van der Waals surface area contributed by atoms with Crippen LogP contribution in [0.4, 0.5) is 0 Å². The van der Waals surface area contributed by atoms with E-state index >= 15 is 0 Å². The maximum absolute atomic E-state index is 5.74. The van der Waals surface area contributed by atoms with Crippen molar-refractivity contribution in [3.8, 4) is 11.5 Å². The molecule has 4 nitrogen and oxygen atoms in total. The second kappa shape index (κ2) is 9.28. The van der Waals surface area contributed by atoms with Crippen LogP contribution in [-0.2, 0) is 6.54 Å². The topological polar surface area (TPSA) is 33.7 Å². The average molecular weight is 359 g/mol. The highest BCUT2D eigenvalue weighted by Crippen LogP contribution is 2.36. The molecule has 0 saturated heterocycles. The average Bonchev–Trinajstić information content (AvgIpc) is 2.42. The molecule has 1 N–H and O–H groups in total. The molecule has 1 unspecified atom stereocenters. The Bertz CT molecular complexity index is 439. The van der Waals surface area contributed by atoms with Gasteiger partial charge in [-0.25, -0.2) is 0 Å². The lowest BCUT2D eigenvalue weighted by Crippen LogP contribution is -2.35. The second-order valence-electron chi connectivity index (χ2n) is 5.50. The molecule has 1 atom stereocenters. The minimum atomic E-state index is 0.431. The zero-order valence-corrected chi connectivity index (χ0v) is 15.3. The Labute approximate surface area is 136 Å². The van der Waals surface area contributed by atoms with Crippen LogP contribution in [0.25, 0.3) is 0 Å². The Kier molecular flexibility index (Phi) is 8.07. The Morgan fingerprint density at radius 1 is 1.33 bits per heavy atom. The zero-order valence-electron chi connectivity index (χ0n) is 13.7. The van der Waals surface area contributed by atoms with E-state index in [0.29, 0.717) is 12.6 Å². The van der Waals surface area contributed by atoms with Crippen molar-refractivity contribution < 1.29 is 9.47 Å². The van der Waals surface area contributed by atoms with Crippen molar-refractivity contribution in [3.63, 3.8) is 0 Å². The van der Waals surface area contributed by atoms with E-state index in [1.807, 2.05) is 6.07 Å². The zero-order chi connectivity index (χ0) is 15.8. The predicted octanol–water partition coefficient (Wildman–Crippen LogP) is 3.29. The molecule has 0 aliphatic carbocycles. The molecule has 0 bridgehead atoms. The molecule has 0 amide bonds. The summed E-state index contributed by atoms with van der Waals surface area (Å²) in [4.78, 5) is 2.18. The molecule has 1 rings (SSSR count). The number of methoxy groups -OCH3 is 1. The van der Waals surface area contributed by atoms with Crippen LogP contribution in [0.15, 0.2) is 16.6 Å². The van der Waals surface area contributed by atoms with Crippen molar-refractivity contribution in [2.24, 2.45) is 0 Å². The lowest BCUT2D eigenvalue weighted by molar-refractivity contribution is 0.292. The van der Waals surface area contributed by atoms with Crippen molar-refractivity contribution in [1.82, 2.24) is 10.2 Å². The second-order valence-corrected chi connectivity index (χ2v) is 6.36. The Morgan fingerprint density at radius 2 is 2.05 bits per heavy atom. The summed E-state index contributed by atoms with van der Waals surface area (Å²) in [7, 11) is 5.84. The first-order chi connectivity index (χ1) is 9.97. The molecular weight excluding hydrogens is 332 g/mol. The minimum absolute atomic E-state index is 0.431. The van der Waals surface area contributed by atoms with E-state index in [1.54, 1.807) is 7.11 Å². The normalized spacial score (nSPS) is 12.5. The number of nitrogens with zero attached hydrogens (tertiary/aromatic N) is 1. The van der Waals surface area contributed by atoms with Crippen LogP contribution in [0.5, 0.6) is 11.5 Å². The molecule has 0 aliphatic heterocycles. The monoisotopic (exact) mass is 358 g/mol. The highest BCUT2D eigenvalue weighted by molar-refractivity contribution is 9.10. The van der Waals surface area contributed by atoms with Crippen LogP contribution >= 0.6 is 15.9 Å². The Morgan fingerprint density at radius 3 is 2.62 bits per heavy atom. The van der Waals surface area contributed by atoms with Crippen molar-refractivity contribution in [2.45, 2.75) is 32.9 Å². The maximum Gasteiger partial charge on any atom is 0.175 e. The number of halogens is 1. The van der Waals surface area contributed by atoms with Crippen LogP contribution < -0.4 is 14.8 Å². The summed E-state index contributed by atoms with van der Waals surface area (Å²) < 4.78 is 12.1. The highest BCUT2D eigenvalue weighted by atomic mass is 79.9. The fraction of sp³-hybridized carbons (Fsp3) is 0.625. The van der Waals surface area contributed by atoms with Gasteiger partial charge in [0.05, 0.1) is 18.2 Å². The molecule has 0 saturated carbocycles. The molecule has 0 aromatic heterocycles. The molecule has 0 aliphatic rings. The molecule has 5 heteroatoms. The molecule has 21 heavy (non-hydrogen) atoms. The van der Waals surface area contributed by atoms with Gasteiger partial charge in [-0.3, -0.25) is 0 Å². The van der Waals surface area contributed by atoms with E-state index < -0.39 is 0 Å². The summed E-state index contributed by atoms with van der Waals surface area (Å²) in [5, 5.41) is 3.51. The first-order valence-corrected chi connectivity index (χ1v) is 8.14. The van der Waals surface area contributed by atoms with Gasteiger partial charge < -0.3 is 19.7 Å². The quantitative estimate of drug-likeness (QED) is 0.734. The van der Waals surface area contributed by atoms with Gasteiger partial charge in [0.2, 0.25) is 0 Å². The fourth-order valence-corrected chi connectivity index (χ4v) is 2.73. The van der Waals surface area contributed by atoms with Crippen LogP contribution in [0, 0.1) is 0 Å². The summed E-state index contributed by atoms with van der Waals surface area (Å²) in [6.07, 6.45) is 0.973. The van der Waals surface area contributed by atoms with Crippen LogP contribution in [0.3, 0.4) is 0 Å². The molecular formula is C16H27BrN2O2. The molecule has 0 spiro atoms. The standard InChI is InChI=1S/C16H27BrN2O2/c1-6-7-21-16-14(17)8-13(9-15(16)20-5)10-18-12(2)11-19(3)4/h8-9,12,18H,6-7,10-11H2,1-5H3. The summed E-state index contributed by atoms with van der Waals surface area (Å²) in [5.74, 6) is 1.55. The van der Waals surface area contributed by atoms with Gasteiger partial charge in [0, 0.05) is 19.1 Å². The van der Waals surface area contributed by atoms with Crippen molar-refractivity contribution in [2.75, 3.05) is 34.4 Å². The number of ether oxygens (including phenoxy) is 2. The molecule has 0 fully saturated rings. The van der Waals surface area contributed by atoms with Gasteiger partial charge in [0.25, 0.3) is 0 Å². The summed E-state index contributed by atoms with van der Waals surface area (Å²) >= 11 is 3.58. The van der Waals surface area contributed by atoms with Crippen LogP contribution in [-0.4, -0.2) is 45.3 Å². The summed E-state index contributed by atoms with van der Waals surface area (Å²) in [6, 6.07) is 4.55. The predicted molar refractivity (Wildman–Crippen MR) is 91.3 cm³/mol. The van der Waals surface area contributed by atoms with Crippen molar-refractivity contribution >= 4 is 15.9 Å².